The second-order valence-electron chi connectivity index (χ2n) is 7.40. The normalized spacial score (nSPS) is 19.8. The zero-order valence-electron chi connectivity index (χ0n) is 14.1. The molecule has 2 N–H and O–H groups in total. The van der Waals surface area contributed by atoms with Gasteiger partial charge in [-0.3, -0.25) is 4.79 Å². The minimum atomic E-state index is -0.261. The van der Waals surface area contributed by atoms with Gasteiger partial charge in [0.05, 0.1) is 11.7 Å². The van der Waals surface area contributed by atoms with Crippen LogP contribution in [-0.4, -0.2) is 15.7 Å². The van der Waals surface area contributed by atoms with Crippen molar-refractivity contribution in [3.63, 3.8) is 0 Å². The highest BCUT2D eigenvalue weighted by Crippen LogP contribution is 2.33. The van der Waals surface area contributed by atoms with Crippen LogP contribution in [0.2, 0.25) is 0 Å². The van der Waals surface area contributed by atoms with Gasteiger partial charge in [-0.2, -0.15) is 0 Å². The first-order chi connectivity index (χ1) is 11.7. The molecule has 4 rings (SSSR count). The van der Waals surface area contributed by atoms with E-state index in [4.69, 9.17) is 0 Å². The molecule has 0 saturated heterocycles. The van der Waals surface area contributed by atoms with Crippen LogP contribution in [0.5, 0.6) is 5.75 Å². The van der Waals surface area contributed by atoms with Gasteiger partial charge >= 0.3 is 0 Å². The Hall–Kier alpha value is -1.97. The molecule has 1 heterocycles. The molecule has 4 heteroatoms. The van der Waals surface area contributed by atoms with Gasteiger partial charge in [-0.1, -0.05) is 32.1 Å². The van der Waals surface area contributed by atoms with Gasteiger partial charge in [-0.05, 0) is 43.9 Å². The van der Waals surface area contributed by atoms with Crippen LogP contribution in [-0.2, 0) is 0 Å². The Balaban J connectivity index is 1.74. The molecule has 24 heavy (non-hydrogen) atoms. The molecule has 2 saturated carbocycles. The summed E-state index contributed by atoms with van der Waals surface area (Å²) >= 11 is 0. The first kappa shape index (κ1) is 15.6. The van der Waals surface area contributed by atoms with Crippen molar-refractivity contribution in [2.24, 2.45) is 0 Å². The van der Waals surface area contributed by atoms with Crippen molar-refractivity contribution in [1.82, 2.24) is 4.57 Å². The van der Waals surface area contributed by atoms with E-state index in [1.807, 2.05) is 12.1 Å². The van der Waals surface area contributed by atoms with E-state index in [1.54, 1.807) is 6.20 Å². The topological polar surface area (TPSA) is 54.3 Å². The molecule has 0 amide bonds. The molecule has 0 atom stereocenters. The van der Waals surface area contributed by atoms with Crippen LogP contribution >= 0.6 is 0 Å². The Morgan fingerprint density at radius 2 is 1.71 bits per heavy atom. The largest absolute Gasteiger partial charge is 0.503 e. The Labute approximate surface area is 142 Å². The highest BCUT2D eigenvalue weighted by atomic mass is 16.3. The van der Waals surface area contributed by atoms with Crippen molar-refractivity contribution in [3.8, 4) is 5.75 Å². The third-order valence-corrected chi connectivity index (χ3v) is 5.71. The van der Waals surface area contributed by atoms with Gasteiger partial charge in [0.2, 0.25) is 5.43 Å². The van der Waals surface area contributed by atoms with Gasteiger partial charge in [-0.15, -0.1) is 0 Å². The highest BCUT2D eigenvalue weighted by Gasteiger charge is 2.20. The standard InChI is InChI=1S/C20H26N2O2/c23-19-13-22(16-8-4-5-9-16)18-12-15(10-11-17(18)20(19)24)21-14-6-2-1-3-7-14/h10-14,16,21,23H,1-9H2. The highest BCUT2D eigenvalue weighted by molar-refractivity contribution is 5.84. The molecule has 2 fully saturated rings. The van der Waals surface area contributed by atoms with E-state index < -0.39 is 0 Å². The Morgan fingerprint density at radius 3 is 2.46 bits per heavy atom. The molecular weight excluding hydrogens is 300 g/mol. The van der Waals surface area contributed by atoms with Gasteiger partial charge in [0, 0.05) is 23.2 Å². The number of hydrogen-bond donors (Lipinski definition) is 2. The van der Waals surface area contributed by atoms with Gasteiger partial charge in [0.15, 0.2) is 5.75 Å². The number of pyridine rings is 1. The molecule has 0 spiro atoms. The number of fused-ring (bicyclic) bond motifs is 1. The summed E-state index contributed by atoms with van der Waals surface area (Å²) in [5, 5.41) is 14.3. The third kappa shape index (κ3) is 2.90. The number of nitrogens with zero attached hydrogens (tertiary/aromatic N) is 1. The number of aromatic nitrogens is 1. The summed E-state index contributed by atoms with van der Waals surface area (Å²) in [6.07, 6.45) is 12.7. The first-order valence-corrected chi connectivity index (χ1v) is 9.37. The summed E-state index contributed by atoms with van der Waals surface area (Å²) in [6.45, 7) is 0. The minimum Gasteiger partial charge on any atom is -0.503 e. The zero-order chi connectivity index (χ0) is 16.5. The zero-order valence-corrected chi connectivity index (χ0v) is 14.1. The van der Waals surface area contributed by atoms with Crippen LogP contribution in [0.25, 0.3) is 10.9 Å². The lowest BCUT2D eigenvalue weighted by Crippen LogP contribution is -2.22. The second kappa shape index (κ2) is 6.50. The van der Waals surface area contributed by atoms with E-state index in [1.165, 1.54) is 44.9 Å². The van der Waals surface area contributed by atoms with E-state index in [0.717, 1.165) is 24.0 Å². The number of aromatic hydroxyl groups is 1. The monoisotopic (exact) mass is 326 g/mol. The molecule has 0 radical (unpaired) electrons. The van der Waals surface area contributed by atoms with Crippen molar-refractivity contribution < 1.29 is 5.11 Å². The van der Waals surface area contributed by atoms with Crippen LogP contribution in [0.3, 0.4) is 0 Å². The van der Waals surface area contributed by atoms with Crippen molar-refractivity contribution in [3.05, 3.63) is 34.6 Å². The van der Waals surface area contributed by atoms with Gasteiger partial charge in [0.25, 0.3) is 0 Å². The van der Waals surface area contributed by atoms with Crippen molar-refractivity contribution in [1.29, 1.82) is 0 Å². The maximum absolute atomic E-state index is 12.3. The molecule has 2 aromatic rings. The summed E-state index contributed by atoms with van der Waals surface area (Å²) < 4.78 is 2.13. The number of benzene rings is 1. The fourth-order valence-corrected chi connectivity index (χ4v) is 4.39. The van der Waals surface area contributed by atoms with Crippen LogP contribution in [0.4, 0.5) is 5.69 Å². The Morgan fingerprint density at radius 1 is 1.00 bits per heavy atom. The molecule has 0 unspecified atom stereocenters. The molecule has 0 aliphatic heterocycles. The average molecular weight is 326 g/mol. The minimum absolute atomic E-state index is 0.137. The van der Waals surface area contributed by atoms with Crippen molar-refractivity contribution in [2.75, 3.05) is 5.32 Å². The van der Waals surface area contributed by atoms with Crippen molar-refractivity contribution >= 4 is 16.6 Å². The van der Waals surface area contributed by atoms with E-state index >= 15 is 0 Å². The summed E-state index contributed by atoms with van der Waals surface area (Å²) in [7, 11) is 0. The molecule has 4 nitrogen and oxygen atoms in total. The summed E-state index contributed by atoms with van der Waals surface area (Å²) in [5.41, 5.74) is 1.78. The van der Waals surface area contributed by atoms with Crippen LogP contribution in [0, 0.1) is 0 Å². The smallest absolute Gasteiger partial charge is 0.230 e. The predicted octanol–water partition coefficient (Wildman–Crippen LogP) is 4.57. The molecule has 1 aromatic carbocycles. The molecule has 1 aromatic heterocycles. The summed E-state index contributed by atoms with van der Waals surface area (Å²) in [4.78, 5) is 12.3. The lowest BCUT2D eigenvalue weighted by Gasteiger charge is -2.24. The van der Waals surface area contributed by atoms with Gasteiger partial charge < -0.3 is 15.0 Å². The van der Waals surface area contributed by atoms with Gasteiger partial charge in [0.1, 0.15) is 0 Å². The molecule has 0 bridgehead atoms. The van der Waals surface area contributed by atoms with E-state index in [-0.39, 0.29) is 11.2 Å². The van der Waals surface area contributed by atoms with Crippen molar-refractivity contribution in [2.45, 2.75) is 69.9 Å². The molecule has 2 aliphatic rings. The van der Waals surface area contributed by atoms with Gasteiger partial charge in [-0.25, -0.2) is 0 Å². The predicted molar refractivity (Wildman–Crippen MR) is 97.9 cm³/mol. The van der Waals surface area contributed by atoms with Crippen LogP contribution in [0.15, 0.2) is 29.2 Å². The van der Waals surface area contributed by atoms with E-state index in [2.05, 4.69) is 16.0 Å². The maximum Gasteiger partial charge on any atom is 0.230 e. The first-order valence-electron chi connectivity index (χ1n) is 9.37. The number of anilines is 1. The Bertz CT molecular complexity index is 784. The van der Waals surface area contributed by atoms with Crippen LogP contribution < -0.4 is 10.7 Å². The lowest BCUT2D eigenvalue weighted by atomic mass is 9.95. The number of nitrogens with one attached hydrogen (secondary N) is 1. The number of hydrogen-bond acceptors (Lipinski definition) is 3. The maximum atomic E-state index is 12.3. The van der Waals surface area contributed by atoms with Crippen LogP contribution in [0.1, 0.15) is 63.8 Å². The molecule has 2 aliphatic carbocycles. The fraction of sp³-hybridized carbons (Fsp3) is 0.550. The molecular formula is C20H26N2O2. The van der Waals surface area contributed by atoms with E-state index in [0.29, 0.717) is 17.5 Å². The summed E-state index contributed by atoms with van der Waals surface area (Å²) in [6, 6.07) is 6.89. The summed E-state index contributed by atoms with van der Waals surface area (Å²) in [5.74, 6) is -0.137. The third-order valence-electron chi connectivity index (χ3n) is 5.71. The quantitative estimate of drug-likeness (QED) is 0.869. The second-order valence-corrected chi connectivity index (χ2v) is 7.40. The average Bonchev–Trinajstić information content (AvgIpc) is 3.13. The lowest BCUT2D eigenvalue weighted by molar-refractivity contribution is 0.451. The Kier molecular flexibility index (Phi) is 4.21. The fourth-order valence-electron chi connectivity index (χ4n) is 4.39. The van der Waals surface area contributed by atoms with E-state index in [9.17, 15) is 9.90 Å². The molecule has 128 valence electrons. The number of rotatable bonds is 3. The SMILES string of the molecule is O=c1c(O)cn(C2CCCC2)c2cc(NC3CCCCC3)ccc12.